The van der Waals surface area contributed by atoms with E-state index in [4.69, 9.17) is 4.74 Å². The fourth-order valence-corrected chi connectivity index (χ4v) is 4.47. The standard InChI is InChI=1S/C21H27NO5S2/c1-20(2,3)29(25)22-21(16-10-11-28-14-16,13-17(23)12-19(24)27-5)15-6-8-18(26-4)9-7-15/h6-11,14,22H,12-13H2,1-5H3. The Labute approximate surface area is 178 Å². The molecule has 0 aliphatic rings. The molecule has 1 aromatic carbocycles. The summed E-state index contributed by atoms with van der Waals surface area (Å²) >= 11 is 0.00738. The molecule has 2 rings (SSSR count). The molecule has 0 radical (unpaired) electrons. The summed E-state index contributed by atoms with van der Waals surface area (Å²) in [7, 11) is 2.83. The first kappa shape index (κ1) is 23.4. The molecule has 158 valence electrons. The molecule has 8 heteroatoms. The van der Waals surface area contributed by atoms with Crippen molar-refractivity contribution < 1.29 is 23.6 Å². The first-order chi connectivity index (χ1) is 13.6. The average molecular weight is 438 g/mol. The van der Waals surface area contributed by atoms with Crippen LogP contribution in [-0.2, 0) is 31.2 Å². The number of Topliss-reactive ketones (excluding diaryl/α,β-unsaturated/α-hetero) is 1. The minimum atomic E-state index is -1.47. The number of methoxy groups -OCH3 is 2. The lowest BCUT2D eigenvalue weighted by atomic mass is 9.80. The van der Waals surface area contributed by atoms with Gasteiger partial charge in [-0.3, -0.25) is 9.59 Å². The Hall–Kier alpha value is -1.87. The minimum Gasteiger partial charge on any atom is -0.598 e. The van der Waals surface area contributed by atoms with E-state index in [1.165, 1.54) is 18.4 Å². The van der Waals surface area contributed by atoms with Gasteiger partial charge in [0.1, 0.15) is 28.2 Å². The Morgan fingerprint density at radius 3 is 2.24 bits per heavy atom. The van der Waals surface area contributed by atoms with Crippen LogP contribution in [0.1, 0.15) is 44.7 Å². The summed E-state index contributed by atoms with van der Waals surface area (Å²) < 4.78 is 25.7. The molecule has 2 unspecified atom stereocenters. The lowest BCUT2D eigenvalue weighted by molar-refractivity contribution is -0.143. The highest BCUT2D eigenvalue weighted by Gasteiger charge is 2.44. The smallest absolute Gasteiger partial charge is 0.313 e. The number of hydrogen-bond donors (Lipinski definition) is 1. The fraction of sp³-hybridized carbons (Fsp3) is 0.429. The van der Waals surface area contributed by atoms with Crippen molar-refractivity contribution in [2.24, 2.45) is 0 Å². The van der Waals surface area contributed by atoms with Gasteiger partial charge in [0.05, 0.1) is 14.2 Å². The van der Waals surface area contributed by atoms with E-state index in [9.17, 15) is 14.1 Å². The van der Waals surface area contributed by atoms with Crippen LogP contribution in [0.4, 0.5) is 0 Å². The van der Waals surface area contributed by atoms with Crippen molar-refractivity contribution in [1.82, 2.24) is 4.72 Å². The molecular weight excluding hydrogens is 410 g/mol. The van der Waals surface area contributed by atoms with Crippen molar-refractivity contribution in [3.8, 4) is 5.75 Å². The second kappa shape index (κ2) is 9.75. The molecule has 0 saturated heterocycles. The normalized spacial score (nSPS) is 14.7. The predicted molar refractivity (Wildman–Crippen MR) is 115 cm³/mol. The fourth-order valence-electron chi connectivity index (χ4n) is 2.81. The van der Waals surface area contributed by atoms with Crippen LogP contribution in [0.25, 0.3) is 0 Å². The van der Waals surface area contributed by atoms with Gasteiger partial charge in [0.2, 0.25) is 0 Å². The maximum absolute atomic E-state index is 13.1. The summed E-state index contributed by atoms with van der Waals surface area (Å²) in [5.74, 6) is -0.232. The van der Waals surface area contributed by atoms with E-state index in [0.717, 1.165) is 11.1 Å². The second-order valence-electron chi connectivity index (χ2n) is 7.60. The highest BCUT2D eigenvalue weighted by Crippen LogP contribution is 2.38. The van der Waals surface area contributed by atoms with Crippen LogP contribution < -0.4 is 9.46 Å². The van der Waals surface area contributed by atoms with Gasteiger partial charge in [-0.1, -0.05) is 12.1 Å². The number of nitrogens with one attached hydrogen (secondary N) is 1. The molecule has 1 aromatic heterocycles. The zero-order chi connectivity index (χ0) is 21.7. The summed E-state index contributed by atoms with van der Waals surface area (Å²) in [5.41, 5.74) is 0.506. The van der Waals surface area contributed by atoms with E-state index in [1.54, 1.807) is 19.2 Å². The van der Waals surface area contributed by atoms with Gasteiger partial charge in [-0.2, -0.15) is 11.3 Å². The van der Waals surface area contributed by atoms with Crippen molar-refractivity contribution in [2.45, 2.75) is 43.9 Å². The molecule has 0 bridgehead atoms. The number of esters is 1. The van der Waals surface area contributed by atoms with E-state index in [2.05, 4.69) is 9.46 Å². The maximum atomic E-state index is 13.1. The summed E-state index contributed by atoms with van der Waals surface area (Å²) in [6.45, 7) is 5.58. The molecule has 0 amide bonds. The predicted octanol–water partition coefficient (Wildman–Crippen LogP) is 3.57. The van der Waals surface area contributed by atoms with Crippen molar-refractivity contribution in [1.29, 1.82) is 0 Å². The monoisotopic (exact) mass is 437 g/mol. The Kier molecular flexibility index (Phi) is 7.87. The molecule has 1 heterocycles. The van der Waals surface area contributed by atoms with Crippen LogP contribution in [0.15, 0.2) is 41.1 Å². The first-order valence-electron chi connectivity index (χ1n) is 9.08. The van der Waals surface area contributed by atoms with Gasteiger partial charge in [0.15, 0.2) is 0 Å². The Morgan fingerprint density at radius 2 is 1.76 bits per heavy atom. The van der Waals surface area contributed by atoms with Gasteiger partial charge < -0.3 is 14.0 Å². The number of hydrogen-bond acceptors (Lipinski definition) is 7. The third-order valence-electron chi connectivity index (χ3n) is 4.45. The quantitative estimate of drug-likeness (QED) is 0.367. The van der Waals surface area contributed by atoms with Gasteiger partial charge in [0.25, 0.3) is 0 Å². The number of ketones is 1. The molecule has 0 fully saturated rings. The van der Waals surface area contributed by atoms with E-state index in [0.29, 0.717) is 5.75 Å². The van der Waals surface area contributed by atoms with Gasteiger partial charge in [-0.15, -0.1) is 4.72 Å². The van der Waals surface area contributed by atoms with Crippen molar-refractivity contribution >= 4 is 34.5 Å². The minimum absolute atomic E-state index is 0.0486. The molecule has 0 saturated carbocycles. The van der Waals surface area contributed by atoms with Gasteiger partial charge in [-0.25, -0.2) is 0 Å². The zero-order valence-corrected chi connectivity index (χ0v) is 18.9. The Balaban J connectivity index is 2.57. The van der Waals surface area contributed by atoms with Crippen LogP contribution in [0.2, 0.25) is 0 Å². The molecular formula is C21H27NO5S2. The van der Waals surface area contributed by atoms with E-state index >= 15 is 0 Å². The summed E-state index contributed by atoms with van der Waals surface area (Å²) in [6, 6.07) is 9.17. The number of carbonyl (C=O) groups excluding carboxylic acids is 2. The SMILES string of the molecule is COC(=O)CC(=O)CC(N[S+]([O-])C(C)(C)C)(c1ccc(OC)cc1)c1ccsc1. The van der Waals surface area contributed by atoms with Gasteiger partial charge >= 0.3 is 5.97 Å². The van der Waals surface area contributed by atoms with E-state index in [1.807, 2.05) is 49.7 Å². The third-order valence-corrected chi connectivity index (χ3v) is 6.78. The second-order valence-corrected chi connectivity index (χ2v) is 10.3. The van der Waals surface area contributed by atoms with Gasteiger partial charge in [0, 0.05) is 17.8 Å². The number of carbonyl (C=O) groups is 2. The topological polar surface area (TPSA) is 87.7 Å². The highest BCUT2D eigenvalue weighted by molar-refractivity contribution is 7.90. The molecule has 1 N–H and O–H groups in total. The largest absolute Gasteiger partial charge is 0.598 e. The first-order valence-corrected chi connectivity index (χ1v) is 11.2. The van der Waals surface area contributed by atoms with Crippen LogP contribution >= 0.6 is 11.3 Å². The number of benzene rings is 1. The van der Waals surface area contributed by atoms with Crippen molar-refractivity contribution in [3.63, 3.8) is 0 Å². The van der Waals surface area contributed by atoms with Crippen LogP contribution in [0.3, 0.4) is 0 Å². The van der Waals surface area contributed by atoms with Crippen molar-refractivity contribution in [2.75, 3.05) is 14.2 Å². The van der Waals surface area contributed by atoms with Crippen molar-refractivity contribution in [3.05, 3.63) is 52.2 Å². The Bertz CT molecular complexity index is 815. The molecule has 2 atom stereocenters. The molecule has 29 heavy (non-hydrogen) atoms. The maximum Gasteiger partial charge on any atom is 0.313 e. The molecule has 6 nitrogen and oxygen atoms in total. The summed E-state index contributed by atoms with van der Waals surface area (Å²) in [4.78, 5) is 24.4. The van der Waals surface area contributed by atoms with Crippen LogP contribution in [-0.4, -0.2) is 35.3 Å². The number of thiophene rings is 1. The van der Waals surface area contributed by atoms with E-state index < -0.39 is 27.6 Å². The summed E-state index contributed by atoms with van der Waals surface area (Å²) in [5, 5.41) is 3.82. The molecule has 0 spiro atoms. The van der Waals surface area contributed by atoms with Gasteiger partial charge in [-0.05, 0) is 60.9 Å². The van der Waals surface area contributed by atoms with Crippen LogP contribution in [0.5, 0.6) is 5.75 Å². The number of rotatable bonds is 9. The molecule has 2 aromatic rings. The third kappa shape index (κ3) is 5.82. The average Bonchev–Trinajstić information content (AvgIpc) is 3.21. The molecule has 0 aliphatic carbocycles. The van der Waals surface area contributed by atoms with Crippen LogP contribution in [0, 0.1) is 0 Å². The lowest BCUT2D eigenvalue weighted by Crippen LogP contribution is -2.53. The number of ether oxygens (including phenoxy) is 2. The Morgan fingerprint density at radius 1 is 1.10 bits per heavy atom. The molecule has 0 aliphatic heterocycles. The lowest BCUT2D eigenvalue weighted by Gasteiger charge is -2.37. The summed E-state index contributed by atoms with van der Waals surface area (Å²) in [6.07, 6.45) is -0.393. The zero-order valence-electron chi connectivity index (χ0n) is 17.3. The highest BCUT2D eigenvalue weighted by atomic mass is 32.2. The van der Waals surface area contributed by atoms with E-state index in [-0.39, 0.29) is 18.6 Å².